The minimum Gasteiger partial charge on any atom is -0.496 e. The molecule has 0 aliphatic heterocycles. The summed E-state index contributed by atoms with van der Waals surface area (Å²) >= 11 is 1.50. The van der Waals surface area contributed by atoms with E-state index in [2.05, 4.69) is 9.97 Å². The SMILES string of the molecule is COc1csc(C(N)c2ncc(OC)nc2OC)c1. The zero-order valence-corrected chi connectivity index (χ0v) is 11.7. The number of methoxy groups -OCH3 is 3. The molecule has 0 amide bonds. The van der Waals surface area contributed by atoms with Gasteiger partial charge in [-0.3, -0.25) is 0 Å². The topological polar surface area (TPSA) is 79.5 Å². The van der Waals surface area contributed by atoms with Gasteiger partial charge in [-0.1, -0.05) is 0 Å². The highest BCUT2D eigenvalue weighted by Gasteiger charge is 2.19. The fourth-order valence-electron chi connectivity index (χ4n) is 1.57. The van der Waals surface area contributed by atoms with Gasteiger partial charge in [-0.25, -0.2) is 4.98 Å². The summed E-state index contributed by atoms with van der Waals surface area (Å²) < 4.78 is 15.4. The fourth-order valence-corrected chi connectivity index (χ4v) is 2.43. The van der Waals surface area contributed by atoms with E-state index in [1.54, 1.807) is 7.11 Å². The number of hydrogen-bond acceptors (Lipinski definition) is 7. The Kier molecular flexibility index (Phi) is 4.18. The Bertz CT molecular complexity index is 559. The first-order valence-electron chi connectivity index (χ1n) is 5.52. The summed E-state index contributed by atoms with van der Waals surface area (Å²) in [6.45, 7) is 0. The Morgan fingerprint density at radius 3 is 2.58 bits per heavy atom. The lowest BCUT2D eigenvalue weighted by molar-refractivity contribution is 0.355. The number of nitrogens with zero attached hydrogens (tertiary/aromatic N) is 2. The molecule has 0 aromatic carbocycles. The molecular weight excluding hydrogens is 266 g/mol. The van der Waals surface area contributed by atoms with Crippen LogP contribution in [0.15, 0.2) is 17.6 Å². The summed E-state index contributed by atoms with van der Waals surface area (Å²) in [7, 11) is 4.66. The zero-order valence-electron chi connectivity index (χ0n) is 10.9. The van der Waals surface area contributed by atoms with Crippen LogP contribution >= 0.6 is 11.3 Å². The first-order chi connectivity index (χ1) is 9.19. The van der Waals surface area contributed by atoms with E-state index in [-0.39, 0.29) is 0 Å². The Morgan fingerprint density at radius 1 is 1.21 bits per heavy atom. The van der Waals surface area contributed by atoms with Gasteiger partial charge in [-0.05, 0) is 6.07 Å². The third-order valence-electron chi connectivity index (χ3n) is 2.58. The van der Waals surface area contributed by atoms with Gasteiger partial charge in [-0.15, -0.1) is 11.3 Å². The summed E-state index contributed by atoms with van der Waals surface area (Å²) in [5.74, 6) is 1.52. The molecule has 0 saturated heterocycles. The van der Waals surface area contributed by atoms with Crippen molar-refractivity contribution in [3.63, 3.8) is 0 Å². The quantitative estimate of drug-likeness (QED) is 0.897. The van der Waals surface area contributed by atoms with E-state index >= 15 is 0 Å². The lowest BCUT2D eigenvalue weighted by atomic mass is 10.2. The predicted molar refractivity (Wildman–Crippen MR) is 72.0 cm³/mol. The molecule has 0 radical (unpaired) electrons. The normalized spacial score (nSPS) is 12.0. The van der Waals surface area contributed by atoms with Crippen LogP contribution in [-0.4, -0.2) is 31.3 Å². The average Bonchev–Trinajstić information content (AvgIpc) is 2.94. The summed E-state index contributed by atoms with van der Waals surface area (Å²) in [4.78, 5) is 9.36. The third-order valence-corrected chi connectivity index (χ3v) is 3.57. The van der Waals surface area contributed by atoms with Crippen LogP contribution in [0, 0.1) is 0 Å². The standard InChI is InChI=1S/C12H15N3O3S/c1-16-7-4-8(19-6-7)10(13)11-12(18-3)15-9(17-2)5-14-11/h4-6,10H,13H2,1-3H3. The van der Waals surface area contributed by atoms with E-state index in [1.165, 1.54) is 31.8 Å². The van der Waals surface area contributed by atoms with Crippen LogP contribution in [-0.2, 0) is 0 Å². The van der Waals surface area contributed by atoms with Crippen molar-refractivity contribution in [2.24, 2.45) is 5.73 Å². The summed E-state index contributed by atoms with van der Waals surface area (Å²) in [6.07, 6.45) is 1.52. The highest BCUT2D eigenvalue weighted by molar-refractivity contribution is 7.10. The summed E-state index contributed by atoms with van der Waals surface area (Å²) in [6, 6.07) is 1.46. The second-order valence-corrected chi connectivity index (χ2v) is 4.62. The van der Waals surface area contributed by atoms with Gasteiger partial charge >= 0.3 is 0 Å². The van der Waals surface area contributed by atoms with Crippen LogP contribution in [0.4, 0.5) is 0 Å². The molecule has 2 rings (SSSR count). The first kappa shape index (κ1) is 13.6. The molecule has 0 fully saturated rings. The minimum atomic E-state index is -0.415. The van der Waals surface area contributed by atoms with Crippen molar-refractivity contribution in [3.05, 3.63) is 28.2 Å². The molecule has 1 atom stereocenters. The van der Waals surface area contributed by atoms with E-state index < -0.39 is 6.04 Å². The van der Waals surface area contributed by atoms with Crippen molar-refractivity contribution >= 4 is 11.3 Å². The largest absolute Gasteiger partial charge is 0.496 e. The maximum Gasteiger partial charge on any atom is 0.240 e. The Hall–Kier alpha value is -1.86. The number of thiophene rings is 1. The molecule has 7 heteroatoms. The Morgan fingerprint density at radius 2 is 2.00 bits per heavy atom. The molecule has 1 unspecified atom stereocenters. The van der Waals surface area contributed by atoms with Gasteiger partial charge in [0.1, 0.15) is 11.4 Å². The van der Waals surface area contributed by atoms with Crippen molar-refractivity contribution in [1.29, 1.82) is 0 Å². The lowest BCUT2D eigenvalue weighted by Crippen LogP contribution is -2.14. The monoisotopic (exact) mass is 281 g/mol. The van der Waals surface area contributed by atoms with Crippen LogP contribution in [0.2, 0.25) is 0 Å². The van der Waals surface area contributed by atoms with E-state index in [1.807, 2.05) is 11.4 Å². The van der Waals surface area contributed by atoms with Crippen LogP contribution in [0.5, 0.6) is 17.5 Å². The second kappa shape index (κ2) is 5.85. The first-order valence-corrected chi connectivity index (χ1v) is 6.40. The van der Waals surface area contributed by atoms with Crippen LogP contribution in [0.1, 0.15) is 16.6 Å². The predicted octanol–water partition coefficient (Wildman–Crippen LogP) is 1.61. The molecule has 2 heterocycles. The average molecular weight is 281 g/mol. The van der Waals surface area contributed by atoms with Crippen LogP contribution in [0.25, 0.3) is 0 Å². The number of aromatic nitrogens is 2. The molecule has 0 bridgehead atoms. The molecule has 0 saturated carbocycles. The molecule has 0 aliphatic rings. The van der Waals surface area contributed by atoms with Gasteiger partial charge in [-0.2, -0.15) is 4.98 Å². The smallest absolute Gasteiger partial charge is 0.240 e. The number of nitrogens with two attached hydrogens (primary N) is 1. The molecule has 2 aromatic heterocycles. The lowest BCUT2D eigenvalue weighted by Gasteiger charge is -2.12. The van der Waals surface area contributed by atoms with Gasteiger partial charge in [0, 0.05) is 10.3 Å². The van der Waals surface area contributed by atoms with Gasteiger partial charge < -0.3 is 19.9 Å². The van der Waals surface area contributed by atoms with Crippen molar-refractivity contribution < 1.29 is 14.2 Å². The summed E-state index contributed by atoms with van der Waals surface area (Å²) in [5.41, 5.74) is 6.75. The van der Waals surface area contributed by atoms with E-state index in [9.17, 15) is 0 Å². The maximum absolute atomic E-state index is 6.18. The number of hydrogen-bond donors (Lipinski definition) is 1. The molecule has 6 nitrogen and oxygen atoms in total. The second-order valence-electron chi connectivity index (χ2n) is 3.67. The Labute approximate surface area is 115 Å². The molecule has 19 heavy (non-hydrogen) atoms. The summed E-state index contributed by atoms with van der Waals surface area (Å²) in [5, 5.41) is 1.89. The highest BCUT2D eigenvalue weighted by atomic mass is 32.1. The fraction of sp³-hybridized carbons (Fsp3) is 0.333. The van der Waals surface area contributed by atoms with E-state index in [0.717, 1.165) is 10.6 Å². The molecule has 0 spiro atoms. The van der Waals surface area contributed by atoms with E-state index in [0.29, 0.717) is 17.5 Å². The minimum absolute atomic E-state index is 0.360. The molecule has 2 N–H and O–H groups in total. The molecule has 0 aliphatic carbocycles. The zero-order chi connectivity index (χ0) is 13.8. The van der Waals surface area contributed by atoms with Gasteiger partial charge in [0.2, 0.25) is 11.8 Å². The molecule has 102 valence electrons. The van der Waals surface area contributed by atoms with Crippen molar-refractivity contribution in [3.8, 4) is 17.5 Å². The van der Waals surface area contributed by atoms with Crippen LogP contribution < -0.4 is 19.9 Å². The van der Waals surface area contributed by atoms with Gasteiger partial charge in [0.05, 0.1) is 33.6 Å². The van der Waals surface area contributed by atoms with Gasteiger partial charge in [0.15, 0.2) is 0 Å². The third kappa shape index (κ3) is 2.77. The highest BCUT2D eigenvalue weighted by Crippen LogP contribution is 2.32. The maximum atomic E-state index is 6.18. The van der Waals surface area contributed by atoms with Gasteiger partial charge in [0.25, 0.3) is 0 Å². The number of ether oxygens (including phenoxy) is 3. The number of rotatable bonds is 5. The van der Waals surface area contributed by atoms with Crippen molar-refractivity contribution in [1.82, 2.24) is 9.97 Å². The van der Waals surface area contributed by atoms with Crippen LogP contribution in [0.3, 0.4) is 0 Å². The Balaban J connectivity index is 2.34. The van der Waals surface area contributed by atoms with E-state index in [4.69, 9.17) is 19.9 Å². The molecular formula is C12H15N3O3S. The van der Waals surface area contributed by atoms with Crippen molar-refractivity contribution in [2.45, 2.75) is 6.04 Å². The van der Waals surface area contributed by atoms with Crippen molar-refractivity contribution in [2.75, 3.05) is 21.3 Å². The molecule has 2 aromatic rings.